The van der Waals surface area contributed by atoms with Crippen LogP contribution in [0.3, 0.4) is 0 Å². The molecule has 8 heteroatoms. The Morgan fingerprint density at radius 3 is 2.70 bits per heavy atom. The number of pyridine rings is 1. The first-order valence-corrected chi connectivity index (χ1v) is 9.72. The standard InChI is InChI=1S/C19H26N6O2/c26-18(21-16-3-4-16)2-1-9-25-17(14-15-5-7-20-8-6-15)22-23-19(25)24-10-12-27-13-11-24/h5-8,16H,1-4,9-14H2,(H,21,26). The largest absolute Gasteiger partial charge is 0.378 e. The molecule has 1 aliphatic heterocycles. The highest BCUT2D eigenvalue weighted by Gasteiger charge is 2.23. The van der Waals surface area contributed by atoms with Gasteiger partial charge in [-0.3, -0.25) is 14.3 Å². The second kappa shape index (κ2) is 8.47. The van der Waals surface area contributed by atoms with Crippen molar-refractivity contribution >= 4 is 11.9 Å². The number of carbonyl (C=O) groups excluding carboxylic acids is 1. The van der Waals surface area contributed by atoms with E-state index < -0.39 is 0 Å². The molecule has 1 aliphatic carbocycles. The van der Waals surface area contributed by atoms with Gasteiger partial charge < -0.3 is 15.0 Å². The Labute approximate surface area is 158 Å². The molecular weight excluding hydrogens is 344 g/mol. The lowest BCUT2D eigenvalue weighted by Gasteiger charge is -2.28. The molecule has 2 fully saturated rings. The normalized spacial score (nSPS) is 17.1. The predicted molar refractivity (Wildman–Crippen MR) is 100 cm³/mol. The lowest BCUT2D eigenvalue weighted by atomic mass is 10.2. The molecule has 0 atom stereocenters. The zero-order chi connectivity index (χ0) is 18.5. The number of hydrogen-bond donors (Lipinski definition) is 1. The van der Waals surface area contributed by atoms with Gasteiger partial charge in [0.1, 0.15) is 5.82 Å². The topological polar surface area (TPSA) is 85.2 Å². The van der Waals surface area contributed by atoms with E-state index in [-0.39, 0.29) is 5.91 Å². The number of carbonyl (C=O) groups is 1. The van der Waals surface area contributed by atoms with Gasteiger partial charge in [0.25, 0.3) is 0 Å². The number of rotatable bonds is 8. The molecule has 1 amide bonds. The van der Waals surface area contributed by atoms with Crippen molar-refractivity contribution in [3.63, 3.8) is 0 Å². The second-order valence-electron chi connectivity index (χ2n) is 7.14. The van der Waals surface area contributed by atoms with Crippen LogP contribution in [0.15, 0.2) is 24.5 Å². The van der Waals surface area contributed by atoms with Gasteiger partial charge in [-0.15, -0.1) is 10.2 Å². The van der Waals surface area contributed by atoms with E-state index in [0.29, 0.717) is 32.1 Å². The molecule has 0 bridgehead atoms. The van der Waals surface area contributed by atoms with Crippen LogP contribution in [0.5, 0.6) is 0 Å². The number of hydrogen-bond acceptors (Lipinski definition) is 6. The average molecular weight is 370 g/mol. The first-order chi connectivity index (χ1) is 13.3. The smallest absolute Gasteiger partial charge is 0.227 e. The van der Waals surface area contributed by atoms with Gasteiger partial charge in [0.2, 0.25) is 11.9 Å². The highest BCUT2D eigenvalue weighted by atomic mass is 16.5. The second-order valence-corrected chi connectivity index (χ2v) is 7.14. The van der Waals surface area contributed by atoms with Crippen LogP contribution < -0.4 is 10.2 Å². The zero-order valence-corrected chi connectivity index (χ0v) is 15.5. The predicted octanol–water partition coefficient (Wildman–Crippen LogP) is 1.16. The minimum atomic E-state index is 0.147. The maximum absolute atomic E-state index is 12.0. The van der Waals surface area contributed by atoms with Gasteiger partial charge in [0.15, 0.2) is 0 Å². The lowest BCUT2D eigenvalue weighted by Crippen LogP contribution is -2.38. The van der Waals surface area contributed by atoms with Crippen LogP contribution in [0.1, 0.15) is 37.1 Å². The zero-order valence-electron chi connectivity index (χ0n) is 15.5. The van der Waals surface area contributed by atoms with E-state index in [1.54, 1.807) is 12.4 Å². The van der Waals surface area contributed by atoms with Crippen molar-refractivity contribution < 1.29 is 9.53 Å². The van der Waals surface area contributed by atoms with Gasteiger partial charge in [-0.25, -0.2) is 0 Å². The summed E-state index contributed by atoms with van der Waals surface area (Å²) < 4.78 is 7.62. The summed E-state index contributed by atoms with van der Waals surface area (Å²) in [6.07, 6.45) is 7.84. The Balaban J connectivity index is 1.46. The number of aromatic nitrogens is 4. The molecule has 0 radical (unpaired) electrons. The molecule has 4 rings (SSSR count). The third kappa shape index (κ3) is 4.82. The fourth-order valence-corrected chi connectivity index (χ4v) is 3.29. The van der Waals surface area contributed by atoms with Crippen molar-refractivity contribution in [3.8, 4) is 0 Å². The van der Waals surface area contributed by atoms with E-state index in [1.807, 2.05) is 12.1 Å². The van der Waals surface area contributed by atoms with E-state index >= 15 is 0 Å². The molecule has 1 saturated heterocycles. The minimum Gasteiger partial charge on any atom is -0.378 e. The molecule has 1 saturated carbocycles. The summed E-state index contributed by atoms with van der Waals surface area (Å²) in [6.45, 7) is 3.77. The van der Waals surface area contributed by atoms with Crippen LogP contribution in [0, 0.1) is 0 Å². The number of anilines is 1. The van der Waals surface area contributed by atoms with E-state index in [9.17, 15) is 4.79 Å². The quantitative estimate of drug-likeness (QED) is 0.751. The molecule has 3 heterocycles. The summed E-state index contributed by atoms with van der Waals surface area (Å²) in [7, 11) is 0. The van der Waals surface area contributed by atoms with Crippen molar-refractivity contribution in [2.24, 2.45) is 0 Å². The molecule has 0 spiro atoms. The number of nitrogens with one attached hydrogen (secondary N) is 1. The van der Waals surface area contributed by atoms with E-state index in [0.717, 1.165) is 56.2 Å². The van der Waals surface area contributed by atoms with Crippen LogP contribution in [0.4, 0.5) is 5.95 Å². The molecule has 27 heavy (non-hydrogen) atoms. The Morgan fingerprint density at radius 1 is 1.19 bits per heavy atom. The van der Waals surface area contributed by atoms with Gasteiger partial charge in [-0.1, -0.05) is 0 Å². The van der Waals surface area contributed by atoms with E-state index in [1.165, 1.54) is 0 Å². The van der Waals surface area contributed by atoms with Crippen LogP contribution in [0.2, 0.25) is 0 Å². The SMILES string of the molecule is O=C(CCCn1c(Cc2ccncc2)nnc1N1CCOCC1)NC1CC1. The van der Waals surface area contributed by atoms with Crippen LogP contribution in [-0.2, 0) is 22.5 Å². The number of morpholine rings is 1. The van der Waals surface area contributed by atoms with E-state index in [2.05, 4.69) is 30.0 Å². The summed E-state index contributed by atoms with van der Waals surface area (Å²) in [5.41, 5.74) is 1.15. The van der Waals surface area contributed by atoms with Crippen molar-refractivity contribution in [2.75, 3.05) is 31.2 Å². The molecule has 2 aromatic heterocycles. The fraction of sp³-hybridized carbons (Fsp3) is 0.579. The van der Waals surface area contributed by atoms with Crippen molar-refractivity contribution in [2.45, 2.75) is 44.7 Å². The number of ether oxygens (including phenoxy) is 1. The maximum atomic E-state index is 12.0. The maximum Gasteiger partial charge on any atom is 0.227 e. The Kier molecular flexibility index (Phi) is 5.62. The third-order valence-corrected chi connectivity index (χ3v) is 4.94. The highest BCUT2D eigenvalue weighted by Crippen LogP contribution is 2.20. The molecule has 2 aliphatic rings. The Morgan fingerprint density at radius 2 is 1.96 bits per heavy atom. The van der Waals surface area contributed by atoms with Gasteiger partial charge in [0, 0.05) is 50.9 Å². The van der Waals surface area contributed by atoms with Crippen LogP contribution in [0.25, 0.3) is 0 Å². The highest BCUT2D eigenvalue weighted by molar-refractivity contribution is 5.76. The fourth-order valence-electron chi connectivity index (χ4n) is 3.29. The third-order valence-electron chi connectivity index (χ3n) is 4.94. The monoisotopic (exact) mass is 370 g/mol. The van der Waals surface area contributed by atoms with Gasteiger partial charge in [0.05, 0.1) is 13.2 Å². The van der Waals surface area contributed by atoms with Gasteiger partial charge in [-0.2, -0.15) is 0 Å². The molecule has 2 aromatic rings. The molecule has 144 valence electrons. The molecule has 0 aromatic carbocycles. The van der Waals surface area contributed by atoms with Gasteiger partial charge in [-0.05, 0) is 37.0 Å². The first-order valence-electron chi connectivity index (χ1n) is 9.72. The molecule has 0 unspecified atom stereocenters. The summed E-state index contributed by atoms with van der Waals surface area (Å²) in [6, 6.07) is 4.41. The lowest BCUT2D eigenvalue weighted by molar-refractivity contribution is -0.121. The van der Waals surface area contributed by atoms with Crippen LogP contribution in [-0.4, -0.2) is 58.0 Å². The van der Waals surface area contributed by atoms with Gasteiger partial charge >= 0.3 is 0 Å². The number of nitrogens with zero attached hydrogens (tertiary/aromatic N) is 5. The molecular formula is C19H26N6O2. The van der Waals surface area contributed by atoms with Crippen LogP contribution >= 0.6 is 0 Å². The summed E-state index contributed by atoms with van der Waals surface area (Å²) in [5.74, 6) is 1.95. The summed E-state index contributed by atoms with van der Waals surface area (Å²) in [4.78, 5) is 18.3. The minimum absolute atomic E-state index is 0.147. The Hall–Kier alpha value is -2.48. The average Bonchev–Trinajstić information content (AvgIpc) is 3.43. The van der Waals surface area contributed by atoms with Crippen molar-refractivity contribution in [1.82, 2.24) is 25.1 Å². The molecule has 1 N–H and O–H groups in total. The summed E-state index contributed by atoms with van der Waals surface area (Å²) >= 11 is 0. The first kappa shape index (κ1) is 17.9. The summed E-state index contributed by atoms with van der Waals surface area (Å²) in [5, 5.41) is 12.0. The van der Waals surface area contributed by atoms with E-state index in [4.69, 9.17) is 4.74 Å². The van der Waals surface area contributed by atoms with Crippen molar-refractivity contribution in [1.29, 1.82) is 0 Å². The molecule has 8 nitrogen and oxygen atoms in total. The number of amides is 1. The van der Waals surface area contributed by atoms with Crippen molar-refractivity contribution in [3.05, 3.63) is 35.9 Å². The Bertz CT molecular complexity index is 753.